The molecule has 0 radical (unpaired) electrons. The van der Waals surface area contributed by atoms with Crippen molar-refractivity contribution in [2.75, 3.05) is 12.4 Å². The van der Waals surface area contributed by atoms with Gasteiger partial charge in [0.2, 0.25) is 0 Å². The first-order chi connectivity index (χ1) is 7.74. The first-order valence-corrected chi connectivity index (χ1v) is 6.43. The number of rotatable bonds is 4. The van der Waals surface area contributed by atoms with Crippen molar-refractivity contribution in [1.82, 2.24) is 9.55 Å². The molecule has 3 nitrogen and oxygen atoms in total. The van der Waals surface area contributed by atoms with Crippen LogP contribution in [0.4, 0.5) is 0 Å². The van der Waals surface area contributed by atoms with Crippen LogP contribution in [-0.2, 0) is 0 Å². The third-order valence-corrected chi connectivity index (χ3v) is 3.34. The molecule has 1 N–H and O–H groups in total. The Hall–Kier alpha value is -1.00. The molecule has 0 aliphatic carbocycles. The van der Waals surface area contributed by atoms with Gasteiger partial charge in [-0.15, -0.1) is 0 Å². The summed E-state index contributed by atoms with van der Waals surface area (Å²) in [6.07, 6.45) is 0. The minimum Gasteiger partial charge on any atom is -0.396 e. The number of hydrogen-bond donors (Lipinski definition) is 1. The van der Waals surface area contributed by atoms with Gasteiger partial charge in [0.05, 0.1) is 17.6 Å². The van der Waals surface area contributed by atoms with E-state index >= 15 is 0 Å². The van der Waals surface area contributed by atoms with E-state index in [1.165, 1.54) is 0 Å². The molecule has 2 aromatic rings. The Labute approximate surface area is 99.5 Å². The van der Waals surface area contributed by atoms with Gasteiger partial charge >= 0.3 is 0 Å². The van der Waals surface area contributed by atoms with Gasteiger partial charge in [-0.05, 0) is 26.0 Å². The van der Waals surface area contributed by atoms with Crippen molar-refractivity contribution in [3.05, 3.63) is 24.3 Å². The molecule has 0 aliphatic heterocycles. The molecule has 1 heterocycles. The molecule has 0 aliphatic rings. The van der Waals surface area contributed by atoms with Crippen LogP contribution in [-0.4, -0.2) is 27.0 Å². The number of aliphatic hydroxyl groups is 1. The zero-order valence-electron chi connectivity index (χ0n) is 9.55. The van der Waals surface area contributed by atoms with Crippen LogP contribution in [0.1, 0.15) is 19.9 Å². The summed E-state index contributed by atoms with van der Waals surface area (Å²) >= 11 is 1.60. The van der Waals surface area contributed by atoms with Crippen LogP contribution in [0.3, 0.4) is 0 Å². The molecule has 86 valence electrons. The van der Waals surface area contributed by atoms with Gasteiger partial charge in [0.15, 0.2) is 5.16 Å². The third-order valence-electron chi connectivity index (χ3n) is 2.40. The average Bonchev–Trinajstić information content (AvgIpc) is 2.64. The number of thioether (sulfide) groups is 1. The van der Waals surface area contributed by atoms with Crippen molar-refractivity contribution < 1.29 is 5.11 Å². The molecule has 0 unspecified atom stereocenters. The molecule has 0 saturated carbocycles. The smallest absolute Gasteiger partial charge is 0.169 e. The van der Waals surface area contributed by atoms with Crippen molar-refractivity contribution in [2.24, 2.45) is 0 Å². The van der Waals surface area contributed by atoms with Crippen LogP contribution < -0.4 is 0 Å². The fourth-order valence-electron chi connectivity index (χ4n) is 1.76. The van der Waals surface area contributed by atoms with Gasteiger partial charge in [-0.2, -0.15) is 0 Å². The Morgan fingerprint density at radius 1 is 1.38 bits per heavy atom. The number of aromatic nitrogens is 2. The van der Waals surface area contributed by atoms with Crippen molar-refractivity contribution in [3.63, 3.8) is 0 Å². The molecule has 4 heteroatoms. The Morgan fingerprint density at radius 3 is 2.81 bits per heavy atom. The first kappa shape index (κ1) is 11.5. The Morgan fingerprint density at radius 2 is 2.12 bits per heavy atom. The first-order valence-electron chi connectivity index (χ1n) is 5.44. The average molecular weight is 236 g/mol. The van der Waals surface area contributed by atoms with E-state index < -0.39 is 0 Å². The quantitative estimate of drug-likeness (QED) is 0.829. The number of hydrogen-bond acceptors (Lipinski definition) is 3. The molecule has 0 amide bonds. The summed E-state index contributed by atoms with van der Waals surface area (Å²) in [4.78, 5) is 4.59. The van der Waals surface area contributed by atoms with E-state index in [-0.39, 0.29) is 6.61 Å². The zero-order chi connectivity index (χ0) is 11.5. The summed E-state index contributed by atoms with van der Waals surface area (Å²) in [5, 5.41) is 9.87. The summed E-state index contributed by atoms with van der Waals surface area (Å²) in [6.45, 7) is 4.49. The van der Waals surface area contributed by atoms with Gasteiger partial charge in [0, 0.05) is 11.8 Å². The van der Waals surface area contributed by atoms with Crippen LogP contribution in [0.15, 0.2) is 29.4 Å². The van der Waals surface area contributed by atoms with E-state index in [0.717, 1.165) is 16.2 Å². The highest BCUT2D eigenvalue weighted by atomic mass is 32.2. The van der Waals surface area contributed by atoms with Crippen LogP contribution in [0, 0.1) is 0 Å². The van der Waals surface area contributed by atoms with Crippen LogP contribution in [0.5, 0.6) is 0 Å². The number of imidazole rings is 1. The number of fused-ring (bicyclic) bond motifs is 1. The van der Waals surface area contributed by atoms with Gasteiger partial charge < -0.3 is 9.67 Å². The molecule has 1 aromatic carbocycles. The van der Waals surface area contributed by atoms with Crippen molar-refractivity contribution >= 4 is 22.8 Å². The largest absolute Gasteiger partial charge is 0.396 e. The van der Waals surface area contributed by atoms with Crippen molar-refractivity contribution in [1.29, 1.82) is 0 Å². The molecule has 0 spiro atoms. The molecular formula is C12H16N2OS. The predicted molar refractivity (Wildman–Crippen MR) is 67.9 cm³/mol. The van der Waals surface area contributed by atoms with Crippen molar-refractivity contribution in [3.8, 4) is 0 Å². The van der Waals surface area contributed by atoms with Crippen LogP contribution >= 0.6 is 11.8 Å². The second kappa shape index (κ2) is 4.89. The van der Waals surface area contributed by atoms with Gasteiger partial charge in [-0.3, -0.25) is 0 Å². The summed E-state index contributed by atoms with van der Waals surface area (Å²) in [7, 11) is 0. The van der Waals surface area contributed by atoms with Crippen LogP contribution in [0.25, 0.3) is 11.0 Å². The van der Waals surface area contributed by atoms with Crippen molar-refractivity contribution in [2.45, 2.75) is 25.0 Å². The lowest BCUT2D eigenvalue weighted by molar-refractivity contribution is 0.322. The van der Waals surface area contributed by atoms with E-state index in [1.807, 2.05) is 18.2 Å². The Kier molecular flexibility index (Phi) is 3.51. The number of nitrogens with zero attached hydrogens (tertiary/aromatic N) is 2. The molecule has 16 heavy (non-hydrogen) atoms. The van der Waals surface area contributed by atoms with E-state index in [1.54, 1.807) is 11.8 Å². The highest BCUT2D eigenvalue weighted by molar-refractivity contribution is 7.99. The summed E-state index contributed by atoms with van der Waals surface area (Å²) < 4.78 is 2.22. The monoisotopic (exact) mass is 236 g/mol. The molecule has 0 atom stereocenters. The van der Waals surface area contributed by atoms with E-state index in [0.29, 0.717) is 11.8 Å². The van der Waals surface area contributed by atoms with E-state index in [2.05, 4.69) is 29.5 Å². The maximum absolute atomic E-state index is 8.87. The van der Waals surface area contributed by atoms with Gasteiger partial charge in [-0.1, -0.05) is 23.9 Å². The van der Waals surface area contributed by atoms with E-state index in [9.17, 15) is 0 Å². The molecule has 0 bridgehead atoms. The summed E-state index contributed by atoms with van der Waals surface area (Å²) in [6, 6.07) is 8.53. The third kappa shape index (κ3) is 2.08. The molecular weight excluding hydrogens is 220 g/mol. The predicted octanol–water partition coefficient (Wildman–Crippen LogP) is 2.70. The highest BCUT2D eigenvalue weighted by Crippen LogP contribution is 2.27. The minimum atomic E-state index is 0.186. The lowest BCUT2D eigenvalue weighted by Gasteiger charge is -2.11. The second-order valence-electron chi connectivity index (χ2n) is 3.92. The van der Waals surface area contributed by atoms with Gasteiger partial charge in [-0.25, -0.2) is 4.98 Å². The number of benzene rings is 1. The topological polar surface area (TPSA) is 38.0 Å². The lowest BCUT2D eigenvalue weighted by Crippen LogP contribution is -2.03. The van der Waals surface area contributed by atoms with Crippen LogP contribution in [0.2, 0.25) is 0 Å². The summed E-state index contributed by atoms with van der Waals surface area (Å²) in [5.41, 5.74) is 2.19. The maximum atomic E-state index is 8.87. The fraction of sp³-hybridized carbons (Fsp3) is 0.417. The van der Waals surface area contributed by atoms with Gasteiger partial charge in [0.25, 0.3) is 0 Å². The van der Waals surface area contributed by atoms with Gasteiger partial charge in [0.1, 0.15) is 0 Å². The summed E-state index contributed by atoms with van der Waals surface area (Å²) in [5.74, 6) is 0.691. The SMILES string of the molecule is CC(C)n1c(SCCO)nc2ccccc21. The Bertz CT molecular complexity index is 479. The maximum Gasteiger partial charge on any atom is 0.169 e. The zero-order valence-corrected chi connectivity index (χ0v) is 10.4. The number of para-hydroxylation sites is 2. The molecule has 0 saturated heterocycles. The van der Waals surface area contributed by atoms with E-state index in [4.69, 9.17) is 5.11 Å². The second-order valence-corrected chi connectivity index (χ2v) is 4.98. The molecule has 0 fully saturated rings. The highest BCUT2D eigenvalue weighted by Gasteiger charge is 2.12. The standard InChI is InChI=1S/C12H16N2OS/c1-9(2)14-11-6-4-3-5-10(11)13-12(14)16-8-7-15/h3-6,9,15H,7-8H2,1-2H3. The number of aliphatic hydroxyl groups excluding tert-OH is 1. The normalized spacial score (nSPS) is 11.5. The molecule has 1 aromatic heterocycles. The minimum absolute atomic E-state index is 0.186. The fourth-order valence-corrected chi connectivity index (χ4v) is 2.65. The lowest BCUT2D eigenvalue weighted by atomic mass is 10.3. The molecule has 2 rings (SSSR count). The Balaban J connectivity index is 2.50.